The number of thiol groups is 1. The van der Waals surface area contributed by atoms with Crippen molar-refractivity contribution in [2.24, 2.45) is 5.92 Å². The Bertz CT molecular complexity index is 417. The molecule has 0 radical (unpaired) electrons. The minimum atomic E-state index is -0.179. The molecule has 1 atom stereocenters. The Balaban J connectivity index is 3.18. The summed E-state index contributed by atoms with van der Waals surface area (Å²) >= 11 is 7.65. The highest BCUT2D eigenvalue weighted by Crippen LogP contribution is 2.17. The van der Waals surface area contributed by atoms with Crippen molar-refractivity contribution in [1.29, 1.82) is 0 Å². The summed E-state index contributed by atoms with van der Waals surface area (Å²) in [6.45, 7) is 6.48. The molecule has 1 unspecified atom stereocenters. The van der Waals surface area contributed by atoms with E-state index in [0.717, 1.165) is 21.6 Å². The Hall–Kier alpha value is -0.290. The van der Waals surface area contributed by atoms with E-state index < -0.39 is 0 Å². The van der Waals surface area contributed by atoms with Gasteiger partial charge in [0.25, 0.3) is 0 Å². The van der Waals surface area contributed by atoms with E-state index >= 15 is 0 Å². The predicted octanol–water partition coefficient (Wildman–Crippen LogP) is 2.19. The second-order valence-corrected chi connectivity index (χ2v) is 4.94. The van der Waals surface area contributed by atoms with Crippen molar-refractivity contribution in [2.75, 3.05) is 5.75 Å². The standard InChI is InChI=1S/C10H15BrN2OS/c1-6(5-15)4-13-8(3)9(11)7(2)12-10(13)14/h6,15H,4-5H2,1-3H3. The molecule has 84 valence electrons. The lowest BCUT2D eigenvalue weighted by Gasteiger charge is -2.15. The molecule has 0 aliphatic heterocycles. The molecule has 0 spiro atoms. The van der Waals surface area contributed by atoms with Gasteiger partial charge in [0, 0.05) is 12.2 Å². The molecule has 0 aliphatic carbocycles. The van der Waals surface area contributed by atoms with Crippen molar-refractivity contribution >= 4 is 28.6 Å². The molecule has 1 aromatic heterocycles. The quantitative estimate of drug-likeness (QED) is 0.866. The fourth-order valence-electron chi connectivity index (χ4n) is 1.36. The fourth-order valence-corrected chi connectivity index (χ4v) is 1.78. The lowest BCUT2D eigenvalue weighted by molar-refractivity contribution is 0.498. The summed E-state index contributed by atoms with van der Waals surface area (Å²) in [5.41, 5.74) is 1.50. The zero-order chi connectivity index (χ0) is 11.6. The van der Waals surface area contributed by atoms with Crippen LogP contribution in [-0.2, 0) is 6.54 Å². The highest BCUT2D eigenvalue weighted by atomic mass is 79.9. The van der Waals surface area contributed by atoms with Gasteiger partial charge in [-0.3, -0.25) is 4.57 Å². The molecule has 0 amide bonds. The van der Waals surface area contributed by atoms with Crippen LogP contribution >= 0.6 is 28.6 Å². The van der Waals surface area contributed by atoms with Crippen molar-refractivity contribution in [3.05, 3.63) is 26.3 Å². The first-order valence-corrected chi connectivity index (χ1v) is 6.24. The van der Waals surface area contributed by atoms with Gasteiger partial charge in [-0.25, -0.2) is 4.79 Å². The molecule has 0 saturated heterocycles. The third kappa shape index (κ3) is 2.84. The summed E-state index contributed by atoms with van der Waals surface area (Å²) < 4.78 is 2.60. The molecule has 0 aliphatic rings. The van der Waals surface area contributed by atoms with Crippen LogP contribution in [0.25, 0.3) is 0 Å². The molecule has 0 saturated carbocycles. The molecule has 1 heterocycles. The molecule has 0 bridgehead atoms. The lowest BCUT2D eigenvalue weighted by Crippen LogP contribution is -2.29. The Morgan fingerprint density at radius 3 is 2.67 bits per heavy atom. The second kappa shape index (κ2) is 5.16. The molecule has 0 N–H and O–H groups in total. The van der Waals surface area contributed by atoms with Gasteiger partial charge in [-0.15, -0.1) is 0 Å². The van der Waals surface area contributed by atoms with Crippen LogP contribution in [0.5, 0.6) is 0 Å². The Labute approximate surface area is 103 Å². The minimum absolute atomic E-state index is 0.179. The van der Waals surface area contributed by atoms with Gasteiger partial charge in [-0.1, -0.05) is 6.92 Å². The van der Waals surface area contributed by atoms with Gasteiger partial charge in [0.15, 0.2) is 0 Å². The summed E-state index contributed by atoms with van der Waals surface area (Å²) in [5.74, 6) is 1.12. The van der Waals surface area contributed by atoms with Crippen LogP contribution < -0.4 is 5.69 Å². The average molecular weight is 291 g/mol. The van der Waals surface area contributed by atoms with Crippen LogP contribution in [0.2, 0.25) is 0 Å². The molecular weight excluding hydrogens is 276 g/mol. The largest absolute Gasteiger partial charge is 0.348 e. The molecule has 5 heteroatoms. The molecule has 0 aromatic carbocycles. The third-order valence-corrected chi connectivity index (χ3v) is 4.11. The number of hydrogen-bond donors (Lipinski definition) is 1. The topological polar surface area (TPSA) is 34.9 Å². The average Bonchev–Trinajstić information content (AvgIpc) is 2.21. The first-order valence-electron chi connectivity index (χ1n) is 4.81. The van der Waals surface area contributed by atoms with Gasteiger partial charge < -0.3 is 0 Å². The third-order valence-electron chi connectivity index (χ3n) is 2.34. The van der Waals surface area contributed by atoms with Gasteiger partial charge in [-0.2, -0.15) is 17.6 Å². The predicted molar refractivity (Wildman–Crippen MR) is 68.7 cm³/mol. The van der Waals surface area contributed by atoms with E-state index in [4.69, 9.17) is 0 Å². The van der Waals surface area contributed by atoms with E-state index in [9.17, 15) is 4.79 Å². The minimum Gasteiger partial charge on any atom is -0.295 e. The van der Waals surface area contributed by atoms with E-state index in [2.05, 4.69) is 40.5 Å². The number of rotatable bonds is 3. The molecular formula is C10H15BrN2OS. The van der Waals surface area contributed by atoms with E-state index in [1.165, 1.54) is 0 Å². The van der Waals surface area contributed by atoms with Crippen molar-refractivity contribution < 1.29 is 0 Å². The van der Waals surface area contributed by atoms with Gasteiger partial charge in [0.1, 0.15) is 0 Å². The van der Waals surface area contributed by atoms with Crippen LogP contribution in [0.1, 0.15) is 18.3 Å². The van der Waals surface area contributed by atoms with Crippen LogP contribution in [0, 0.1) is 19.8 Å². The van der Waals surface area contributed by atoms with Gasteiger partial charge >= 0.3 is 5.69 Å². The van der Waals surface area contributed by atoms with E-state index in [0.29, 0.717) is 12.5 Å². The van der Waals surface area contributed by atoms with Crippen LogP contribution in [-0.4, -0.2) is 15.3 Å². The second-order valence-electron chi connectivity index (χ2n) is 3.78. The van der Waals surface area contributed by atoms with Crippen molar-refractivity contribution in [3.63, 3.8) is 0 Å². The summed E-state index contributed by atoms with van der Waals surface area (Å²) in [5, 5.41) is 0. The first-order chi connectivity index (χ1) is 6.97. The van der Waals surface area contributed by atoms with Gasteiger partial charge in [-0.05, 0) is 41.4 Å². The maximum absolute atomic E-state index is 11.7. The SMILES string of the molecule is Cc1nc(=O)n(CC(C)CS)c(C)c1Br. The van der Waals surface area contributed by atoms with E-state index in [1.54, 1.807) is 4.57 Å². The zero-order valence-electron chi connectivity index (χ0n) is 9.12. The highest BCUT2D eigenvalue weighted by Gasteiger charge is 2.11. The summed E-state index contributed by atoms with van der Waals surface area (Å²) in [7, 11) is 0. The maximum Gasteiger partial charge on any atom is 0.348 e. The van der Waals surface area contributed by atoms with Crippen LogP contribution in [0.15, 0.2) is 9.27 Å². The normalized spacial score (nSPS) is 12.9. The molecule has 3 nitrogen and oxygen atoms in total. The number of nitrogens with zero attached hydrogens (tertiary/aromatic N) is 2. The van der Waals surface area contributed by atoms with Crippen LogP contribution in [0.3, 0.4) is 0 Å². The Morgan fingerprint density at radius 2 is 2.13 bits per heavy atom. The number of aryl methyl sites for hydroxylation is 1. The molecule has 15 heavy (non-hydrogen) atoms. The van der Waals surface area contributed by atoms with E-state index in [1.807, 2.05) is 13.8 Å². The first kappa shape index (κ1) is 12.8. The monoisotopic (exact) mass is 290 g/mol. The number of hydrogen-bond acceptors (Lipinski definition) is 3. The lowest BCUT2D eigenvalue weighted by atomic mass is 10.2. The molecule has 1 aromatic rings. The maximum atomic E-state index is 11.7. The Kier molecular flexibility index (Phi) is 4.40. The van der Waals surface area contributed by atoms with Crippen molar-refractivity contribution in [3.8, 4) is 0 Å². The zero-order valence-corrected chi connectivity index (χ0v) is 11.6. The van der Waals surface area contributed by atoms with Gasteiger partial charge in [0.05, 0.1) is 10.2 Å². The van der Waals surface area contributed by atoms with Gasteiger partial charge in [0.2, 0.25) is 0 Å². The summed E-state index contributed by atoms with van der Waals surface area (Å²) in [6, 6.07) is 0. The smallest absolute Gasteiger partial charge is 0.295 e. The van der Waals surface area contributed by atoms with E-state index in [-0.39, 0.29) is 5.69 Å². The number of aromatic nitrogens is 2. The fraction of sp³-hybridized carbons (Fsp3) is 0.600. The Morgan fingerprint density at radius 1 is 1.53 bits per heavy atom. The van der Waals surface area contributed by atoms with Crippen molar-refractivity contribution in [2.45, 2.75) is 27.3 Å². The molecule has 1 rings (SSSR count). The number of halogens is 1. The summed E-state index contributed by atoms with van der Waals surface area (Å²) in [4.78, 5) is 15.6. The molecule has 0 fully saturated rings. The highest BCUT2D eigenvalue weighted by molar-refractivity contribution is 9.10. The van der Waals surface area contributed by atoms with Crippen molar-refractivity contribution in [1.82, 2.24) is 9.55 Å². The summed E-state index contributed by atoms with van der Waals surface area (Å²) in [6.07, 6.45) is 0. The van der Waals surface area contributed by atoms with Crippen LogP contribution in [0.4, 0.5) is 0 Å².